The first-order valence-corrected chi connectivity index (χ1v) is 10.6. The molecule has 134 valence electrons. The number of aromatic nitrogens is 1. The maximum absolute atomic E-state index is 12.8. The first kappa shape index (κ1) is 17.5. The number of carbonyl (C=O) groups excluding carboxylic acids is 1. The Labute approximate surface area is 165 Å². The Morgan fingerprint density at radius 1 is 1.12 bits per heavy atom. The van der Waals surface area contributed by atoms with Crippen LogP contribution in [0, 0.1) is 0 Å². The molecule has 1 amide bonds. The van der Waals surface area contributed by atoms with Crippen LogP contribution >= 0.6 is 34.3 Å². The van der Waals surface area contributed by atoms with Crippen molar-refractivity contribution in [2.45, 2.75) is 6.42 Å². The van der Waals surface area contributed by atoms with Crippen molar-refractivity contribution < 1.29 is 4.79 Å². The molecule has 26 heavy (non-hydrogen) atoms. The van der Waals surface area contributed by atoms with Gasteiger partial charge in [-0.25, -0.2) is 4.98 Å². The summed E-state index contributed by atoms with van der Waals surface area (Å²) in [5.41, 5.74) is 3.90. The standard InChI is InChI=1S/C19H18ClN3OS2/c20-14-3-1-4-15(11-14)22-6-8-23(9-7-22)18(24)12-17-19(21-13-26-17)16-5-2-10-25-16/h1-5,10-11,13H,6-9,12H2. The lowest BCUT2D eigenvalue weighted by Gasteiger charge is -2.36. The van der Waals surface area contributed by atoms with Gasteiger partial charge in [-0.15, -0.1) is 22.7 Å². The average Bonchev–Trinajstić information content (AvgIpc) is 3.33. The molecule has 0 N–H and O–H groups in total. The van der Waals surface area contributed by atoms with Crippen LogP contribution in [0.5, 0.6) is 0 Å². The van der Waals surface area contributed by atoms with Gasteiger partial charge in [0.2, 0.25) is 5.91 Å². The van der Waals surface area contributed by atoms with Crippen molar-refractivity contribution in [1.82, 2.24) is 9.88 Å². The number of amides is 1. The Morgan fingerprint density at radius 3 is 2.69 bits per heavy atom. The monoisotopic (exact) mass is 403 g/mol. The van der Waals surface area contributed by atoms with Crippen LogP contribution in [0.2, 0.25) is 5.02 Å². The van der Waals surface area contributed by atoms with E-state index in [4.69, 9.17) is 11.6 Å². The molecular formula is C19H18ClN3OS2. The minimum atomic E-state index is 0.179. The number of benzene rings is 1. The van der Waals surface area contributed by atoms with Crippen molar-refractivity contribution in [3.63, 3.8) is 0 Å². The Morgan fingerprint density at radius 2 is 1.96 bits per heavy atom. The summed E-state index contributed by atoms with van der Waals surface area (Å²) in [7, 11) is 0. The van der Waals surface area contributed by atoms with Gasteiger partial charge in [0.25, 0.3) is 0 Å². The number of halogens is 1. The van der Waals surface area contributed by atoms with Crippen LogP contribution in [0.4, 0.5) is 5.69 Å². The van der Waals surface area contributed by atoms with Crippen LogP contribution in [0.25, 0.3) is 10.6 Å². The fourth-order valence-electron chi connectivity index (χ4n) is 3.15. The summed E-state index contributed by atoms with van der Waals surface area (Å²) in [6.45, 7) is 3.12. The van der Waals surface area contributed by atoms with Gasteiger partial charge in [0.05, 0.1) is 22.5 Å². The maximum atomic E-state index is 12.8. The highest BCUT2D eigenvalue weighted by molar-refractivity contribution is 7.14. The van der Waals surface area contributed by atoms with E-state index in [-0.39, 0.29) is 5.91 Å². The van der Waals surface area contributed by atoms with Gasteiger partial charge in [0.15, 0.2) is 0 Å². The molecular weight excluding hydrogens is 386 g/mol. The molecule has 0 unspecified atom stereocenters. The minimum absolute atomic E-state index is 0.179. The zero-order chi connectivity index (χ0) is 17.9. The predicted molar refractivity (Wildman–Crippen MR) is 109 cm³/mol. The third kappa shape index (κ3) is 3.77. The highest BCUT2D eigenvalue weighted by Crippen LogP contribution is 2.30. The molecule has 1 aromatic carbocycles. The van der Waals surface area contributed by atoms with Crippen molar-refractivity contribution in [2.24, 2.45) is 0 Å². The second-order valence-corrected chi connectivity index (χ2v) is 8.45. The van der Waals surface area contributed by atoms with Gasteiger partial charge in [0.1, 0.15) is 0 Å². The summed E-state index contributed by atoms with van der Waals surface area (Å²) >= 11 is 9.31. The van der Waals surface area contributed by atoms with Gasteiger partial charge >= 0.3 is 0 Å². The van der Waals surface area contributed by atoms with E-state index in [1.165, 1.54) is 0 Å². The molecule has 1 saturated heterocycles. The summed E-state index contributed by atoms with van der Waals surface area (Å²) in [6, 6.07) is 11.9. The molecule has 0 bridgehead atoms. The third-order valence-electron chi connectivity index (χ3n) is 4.51. The molecule has 3 aromatic rings. The zero-order valence-electron chi connectivity index (χ0n) is 14.1. The van der Waals surface area contributed by atoms with Gasteiger partial charge in [-0.3, -0.25) is 4.79 Å². The predicted octanol–water partition coefficient (Wildman–Crippen LogP) is 4.42. The number of nitrogens with zero attached hydrogens (tertiary/aromatic N) is 3. The largest absolute Gasteiger partial charge is 0.368 e. The molecule has 3 heterocycles. The molecule has 0 saturated carbocycles. The van der Waals surface area contributed by atoms with Crippen LogP contribution < -0.4 is 4.90 Å². The van der Waals surface area contributed by atoms with E-state index < -0.39 is 0 Å². The van der Waals surface area contributed by atoms with Crippen LogP contribution in [-0.4, -0.2) is 42.0 Å². The molecule has 4 rings (SSSR count). The average molecular weight is 404 g/mol. The van der Waals surface area contributed by atoms with Crippen LogP contribution in [-0.2, 0) is 11.2 Å². The molecule has 0 atom stereocenters. The number of piperazine rings is 1. The van der Waals surface area contributed by atoms with Crippen LogP contribution in [0.15, 0.2) is 47.3 Å². The Hall–Kier alpha value is -1.89. The maximum Gasteiger partial charge on any atom is 0.228 e. The van der Waals surface area contributed by atoms with Crippen molar-refractivity contribution in [3.05, 3.63) is 57.2 Å². The Kier molecular flexibility index (Phi) is 5.24. The van der Waals surface area contributed by atoms with Crippen molar-refractivity contribution >= 4 is 45.9 Å². The number of rotatable bonds is 4. The zero-order valence-corrected chi connectivity index (χ0v) is 16.5. The second kappa shape index (κ2) is 7.78. The number of carbonyl (C=O) groups is 1. The highest BCUT2D eigenvalue weighted by atomic mass is 35.5. The summed E-state index contributed by atoms with van der Waals surface area (Å²) in [5, 5.41) is 2.78. The van der Waals surface area contributed by atoms with Crippen molar-refractivity contribution in [3.8, 4) is 10.6 Å². The molecule has 2 aromatic heterocycles. The van der Waals surface area contributed by atoms with Crippen LogP contribution in [0.3, 0.4) is 0 Å². The van der Waals surface area contributed by atoms with E-state index in [0.29, 0.717) is 6.42 Å². The van der Waals surface area contributed by atoms with E-state index >= 15 is 0 Å². The van der Waals surface area contributed by atoms with E-state index in [1.807, 2.05) is 40.1 Å². The van der Waals surface area contributed by atoms with Gasteiger partial charge in [-0.05, 0) is 29.6 Å². The SMILES string of the molecule is O=C(Cc1scnc1-c1cccs1)N1CCN(c2cccc(Cl)c2)CC1. The summed E-state index contributed by atoms with van der Waals surface area (Å²) in [5.74, 6) is 0.179. The molecule has 1 fully saturated rings. The number of thiophene rings is 1. The van der Waals surface area contributed by atoms with Gasteiger partial charge in [0, 0.05) is 41.8 Å². The molecule has 0 radical (unpaired) electrons. The molecule has 4 nitrogen and oxygen atoms in total. The molecule has 0 spiro atoms. The third-order valence-corrected chi connectivity index (χ3v) is 6.46. The first-order valence-electron chi connectivity index (χ1n) is 8.45. The summed E-state index contributed by atoms with van der Waals surface area (Å²) in [4.78, 5) is 23.6. The smallest absolute Gasteiger partial charge is 0.228 e. The van der Waals surface area contributed by atoms with Crippen molar-refractivity contribution in [2.75, 3.05) is 31.1 Å². The molecule has 7 heteroatoms. The molecule has 1 aliphatic heterocycles. The van der Waals surface area contributed by atoms with E-state index in [0.717, 1.165) is 52.3 Å². The number of hydrogen-bond donors (Lipinski definition) is 0. The van der Waals surface area contributed by atoms with Crippen LogP contribution in [0.1, 0.15) is 4.88 Å². The molecule has 1 aliphatic rings. The summed E-state index contributed by atoms with van der Waals surface area (Å²) < 4.78 is 0. The lowest BCUT2D eigenvalue weighted by Crippen LogP contribution is -2.49. The minimum Gasteiger partial charge on any atom is -0.368 e. The number of hydrogen-bond acceptors (Lipinski definition) is 5. The Balaban J connectivity index is 1.38. The normalized spacial score (nSPS) is 14.7. The fourth-order valence-corrected chi connectivity index (χ4v) is 4.91. The lowest BCUT2D eigenvalue weighted by atomic mass is 10.2. The highest BCUT2D eigenvalue weighted by Gasteiger charge is 2.23. The van der Waals surface area contributed by atoms with Gasteiger partial charge in [-0.1, -0.05) is 23.7 Å². The second-order valence-electron chi connectivity index (χ2n) is 6.13. The number of anilines is 1. The first-order chi connectivity index (χ1) is 12.7. The Bertz CT molecular complexity index is 886. The van der Waals surface area contributed by atoms with Gasteiger partial charge in [-0.2, -0.15) is 0 Å². The van der Waals surface area contributed by atoms with Gasteiger partial charge < -0.3 is 9.80 Å². The topological polar surface area (TPSA) is 36.4 Å². The quantitative estimate of drug-likeness (QED) is 0.647. The van der Waals surface area contributed by atoms with E-state index in [9.17, 15) is 4.79 Å². The lowest BCUT2D eigenvalue weighted by molar-refractivity contribution is -0.130. The van der Waals surface area contributed by atoms with E-state index in [2.05, 4.69) is 22.0 Å². The van der Waals surface area contributed by atoms with Crippen molar-refractivity contribution in [1.29, 1.82) is 0 Å². The van der Waals surface area contributed by atoms with E-state index in [1.54, 1.807) is 22.7 Å². The fraction of sp³-hybridized carbons (Fsp3) is 0.263. The number of thiazole rings is 1. The summed E-state index contributed by atoms with van der Waals surface area (Å²) in [6.07, 6.45) is 0.426. The molecule has 0 aliphatic carbocycles.